The van der Waals surface area contributed by atoms with Crippen LogP contribution in [0.25, 0.3) is 0 Å². The van der Waals surface area contributed by atoms with Crippen molar-refractivity contribution in [1.82, 2.24) is 4.90 Å². The normalized spacial score (nSPS) is 29.5. The summed E-state index contributed by atoms with van der Waals surface area (Å²) in [5.74, 6) is -2.43. The molecule has 3 atom stereocenters. The van der Waals surface area contributed by atoms with E-state index >= 15 is 0 Å². The minimum absolute atomic E-state index is 0.195. The Labute approximate surface area is 141 Å². The van der Waals surface area contributed by atoms with Crippen molar-refractivity contribution in [2.75, 3.05) is 13.2 Å². The van der Waals surface area contributed by atoms with Crippen LogP contribution in [-0.2, 0) is 20.9 Å². The molecule has 0 amide bonds. The van der Waals surface area contributed by atoms with Crippen LogP contribution in [0.4, 0.5) is 0 Å². The Kier molecular flexibility index (Phi) is 4.87. The van der Waals surface area contributed by atoms with Crippen LogP contribution in [0, 0.1) is 5.92 Å². The Hall–Kier alpha value is -1.92. The second kappa shape index (κ2) is 6.91. The zero-order chi connectivity index (χ0) is 17.2. The summed E-state index contributed by atoms with van der Waals surface area (Å²) in [5, 5.41) is 19.2. The van der Waals surface area contributed by atoms with E-state index in [-0.39, 0.29) is 12.5 Å². The van der Waals surface area contributed by atoms with Gasteiger partial charge in [-0.25, -0.2) is 0 Å². The molecule has 2 saturated heterocycles. The molecule has 3 rings (SSSR count). The highest BCUT2D eigenvalue weighted by atomic mass is 16.5. The Balaban J connectivity index is 1.62. The van der Waals surface area contributed by atoms with Crippen LogP contribution in [0.5, 0.6) is 0 Å². The van der Waals surface area contributed by atoms with Crippen LogP contribution in [0.3, 0.4) is 0 Å². The Morgan fingerprint density at radius 2 is 2.00 bits per heavy atom. The van der Waals surface area contributed by atoms with Crippen molar-refractivity contribution in [3.63, 3.8) is 0 Å². The molecule has 130 valence electrons. The molecule has 1 aromatic carbocycles. The largest absolute Gasteiger partial charge is 0.481 e. The van der Waals surface area contributed by atoms with Crippen LogP contribution in [-0.4, -0.2) is 51.8 Å². The van der Waals surface area contributed by atoms with Gasteiger partial charge < -0.3 is 14.9 Å². The SMILES string of the molecule is O=C(O)[C@H]1C[C@@]2(C(=O)O)CCCN2[C@H]1CCOCc1ccccc1. The van der Waals surface area contributed by atoms with Gasteiger partial charge in [0.2, 0.25) is 0 Å². The average Bonchev–Trinajstić information content (AvgIpc) is 3.11. The fourth-order valence-electron chi connectivity index (χ4n) is 4.21. The first-order chi connectivity index (χ1) is 11.5. The molecule has 2 N–H and O–H groups in total. The third kappa shape index (κ3) is 3.03. The predicted molar refractivity (Wildman–Crippen MR) is 86.6 cm³/mol. The molecule has 1 aromatic rings. The predicted octanol–water partition coefficient (Wildman–Crippen LogP) is 1.99. The molecule has 6 nitrogen and oxygen atoms in total. The lowest BCUT2D eigenvalue weighted by Crippen LogP contribution is -2.48. The fourth-order valence-corrected chi connectivity index (χ4v) is 4.21. The number of rotatable bonds is 7. The van der Waals surface area contributed by atoms with E-state index in [9.17, 15) is 19.8 Å². The van der Waals surface area contributed by atoms with Crippen molar-refractivity contribution < 1.29 is 24.5 Å². The first kappa shape index (κ1) is 16.9. The third-order valence-electron chi connectivity index (χ3n) is 5.35. The molecule has 6 heteroatoms. The number of ether oxygens (including phenoxy) is 1. The summed E-state index contributed by atoms with van der Waals surface area (Å²) in [6.45, 7) is 1.56. The maximum Gasteiger partial charge on any atom is 0.324 e. The van der Waals surface area contributed by atoms with Crippen molar-refractivity contribution in [3.05, 3.63) is 35.9 Å². The number of carboxylic acid groups (broad SMARTS) is 2. The van der Waals surface area contributed by atoms with E-state index in [0.717, 1.165) is 12.0 Å². The summed E-state index contributed by atoms with van der Waals surface area (Å²) in [7, 11) is 0. The first-order valence-electron chi connectivity index (χ1n) is 8.39. The first-order valence-corrected chi connectivity index (χ1v) is 8.39. The molecule has 2 fully saturated rings. The van der Waals surface area contributed by atoms with E-state index < -0.39 is 23.4 Å². The second-order valence-electron chi connectivity index (χ2n) is 6.68. The molecule has 0 spiro atoms. The van der Waals surface area contributed by atoms with E-state index in [1.807, 2.05) is 35.2 Å². The number of fused-ring (bicyclic) bond motifs is 1. The van der Waals surface area contributed by atoms with Crippen LogP contribution in [0.1, 0.15) is 31.2 Å². The smallest absolute Gasteiger partial charge is 0.324 e. The maximum absolute atomic E-state index is 11.8. The average molecular weight is 333 g/mol. The molecule has 0 aliphatic carbocycles. The van der Waals surface area contributed by atoms with Gasteiger partial charge in [-0.15, -0.1) is 0 Å². The Morgan fingerprint density at radius 1 is 1.25 bits per heavy atom. The van der Waals surface area contributed by atoms with Crippen LogP contribution in [0.2, 0.25) is 0 Å². The van der Waals surface area contributed by atoms with E-state index in [4.69, 9.17) is 4.74 Å². The molecule has 0 bridgehead atoms. The summed E-state index contributed by atoms with van der Waals surface area (Å²) >= 11 is 0. The fraction of sp³-hybridized carbons (Fsp3) is 0.556. The number of hydrogen-bond acceptors (Lipinski definition) is 4. The van der Waals surface area contributed by atoms with Crippen molar-refractivity contribution >= 4 is 11.9 Å². The number of carbonyl (C=O) groups is 2. The molecular formula is C18H23NO5. The Bertz CT molecular complexity index is 605. The van der Waals surface area contributed by atoms with Crippen LogP contribution < -0.4 is 0 Å². The summed E-state index contributed by atoms with van der Waals surface area (Å²) < 4.78 is 5.68. The highest BCUT2D eigenvalue weighted by molar-refractivity contribution is 5.83. The van der Waals surface area contributed by atoms with Gasteiger partial charge >= 0.3 is 11.9 Å². The van der Waals surface area contributed by atoms with Gasteiger partial charge in [-0.2, -0.15) is 0 Å². The zero-order valence-electron chi connectivity index (χ0n) is 13.6. The summed E-state index contributed by atoms with van der Waals surface area (Å²) in [6, 6.07) is 9.52. The summed E-state index contributed by atoms with van der Waals surface area (Å²) in [4.78, 5) is 25.3. The molecule has 0 saturated carbocycles. The number of aliphatic carboxylic acids is 2. The highest BCUT2D eigenvalue weighted by Gasteiger charge is 2.59. The number of hydrogen-bond donors (Lipinski definition) is 2. The van der Waals surface area contributed by atoms with E-state index in [2.05, 4.69) is 0 Å². The highest BCUT2D eigenvalue weighted by Crippen LogP contribution is 2.46. The molecule has 0 unspecified atom stereocenters. The van der Waals surface area contributed by atoms with Crippen molar-refractivity contribution in [1.29, 1.82) is 0 Å². The Morgan fingerprint density at radius 3 is 2.67 bits per heavy atom. The number of benzene rings is 1. The van der Waals surface area contributed by atoms with Gasteiger partial charge in [0.05, 0.1) is 12.5 Å². The van der Waals surface area contributed by atoms with E-state index in [0.29, 0.717) is 32.6 Å². The molecule has 2 aliphatic rings. The van der Waals surface area contributed by atoms with Crippen LogP contribution in [0.15, 0.2) is 30.3 Å². The van der Waals surface area contributed by atoms with Gasteiger partial charge in [-0.3, -0.25) is 14.5 Å². The molecule has 24 heavy (non-hydrogen) atoms. The van der Waals surface area contributed by atoms with Gasteiger partial charge in [-0.05, 0) is 37.8 Å². The van der Waals surface area contributed by atoms with E-state index in [1.165, 1.54) is 0 Å². The summed E-state index contributed by atoms with van der Waals surface area (Å²) in [6.07, 6.45) is 2.08. The minimum atomic E-state index is -0.993. The molecular weight excluding hydrogens is 310 g/mol. The maximum atomic E-state index is 11.8. The quantitative estimate of drug-likeness (QED) is 0.742. The van der Waals surface area contributed by atoms with Crippen molar-refractivity contribution in [3.8, 4) is 0 Å². The zero-order valence-corrected chi connectivity index (χ0v) is 13.6. The van der Waals surface area contributed by atoms with Gasteiger partial charge in [0, 0.05) is 12.6 Å². The van der Waals surface area contributed by atoms with Crippen molar-refractivity contribution in [2.45, 2.75) is 43.9 Å². The number of nitrogens with zero attached hydrogens (tertiary/aromatic N) is 1. The lowest BCUT2D eigenvalue weighted by Gasteiger charge is -2.31. The van der Waals surface area contributed by atoms with Gasteiger partial charge in [0.1, 0.15) is 5.54 Å². The summed E-state index contributed by atoms with van der Waals surface area (Å²) in [5.41, 5.74) is 0.0763. The molecule has 2 heterocycles. The standard InChI is InChI=1S/C18H23NO5/c20-16(21)14-11-18(17(22)23)8-4-9-19(18)15(14)7-10-24-12-13-5-2-1-3-6-13/h1-3,5-6,14-15H,4,7-12H2,(H,20,21)(H,22,23)/t14-,15-,18+/m0/s1. The second-order valence-corrected chi connectivity index (χ2v) is 6.68. The minimum Gasteiger partial charge on any atom is -0.481 e. The van der Waals surface area contributed by atoms with Crippen LogP contribution >= 0.6 is 0 Å². The number of carboxylic acids is 2. The lowest BCUT2D eigenvalue weighted by molar-refractivity contribution is -0.148. The molecule has 2 aliphatic heterocycles. The van der Waals surface area contributed by atoms with Gasteiger partial charge in [-0.1, -0.05) is 30.3 Å². The monoisotopic (exact) mass is 333 g/mol. The van der Waals surface area contributed by atoms with Gasteiger partial charge in [0.25, 0.3) is 0 Å². The lowest BCUT2D eigenvalue weighted by atomic mass is 9.88. The van der Waals surface area contributed by atoms with E-state index in [1.54, 1.807) is 0 Å². The van der Waals surface area contributed by atoms with Crippen molar-refractivity contribution in [2.24, 2.45) is 5.92 Å². The molecule has 0 radical (unpaired) electrons. The third-order valence-corrected chi connectivity index (χ3v) is 5.35. The topological polar surface area (TPSA) is 87.1 Å². The molecule has 0 aromatic heterocycles. The van der Waals surface area contributed by atoms with Gasteiger partial charge in [0.15, 0.2) is 0 Å².